The SMILES string of the molecule is CCCC(CCC)c1cccc[c]1[Sb]. The van der Waals surface area contributed by atoms with Gasteiger partial charge in [0, 0.05) is 0 Å². The molecule has 0 aliphatic carbocycles. The molecule has 0 aliphatic rings. The molecule has 0 fully saturated rings. The molecule has 1 rings (SSSR count). The molecule has 0 N–H and O–H groups in total. The zero-order valence-electron chi connectivity index (χ0n) is 9.16. The van der Waals surface area contributed by atoms with E-state index in [0.29, 0.717) is 0 Å². The van der Waals surface area contributed by atoms with Crippen LogP contribution in [0.2, 0.25) is 0 Å². The number of rotatable bonds is 5. The third-order valence-corrected chi connectivity index (χ3v) is 3.81. The van der Waals surface area contributed by atoms with Crippen molar-refractivity contribution in [3.05, 3.63) is 29.8 Å². The molecule has 0 amide bonds. The average molecular weight is 297 g/mol. The standard InChI is InChI=1S/C13H19.Sb/c1-3-8-12(9-4-2)13-10-6-5-7-11-13;/h5-7,10,12H,3-4,8-9H2,1-2H3;. The Bertz CT molecular complexity index is 262. The first-order valence-corrected chi connectivity index (χ1v) is 6.85. The van der Waals surface area contributed by atoms with Gasteiger partial charge in [0.15, 0.2) is 0 Å². The molecular formula is C13H19Sb. The minimum atomic E-state index is 0.796. The molecule has 1 aromatic carbocycles. The van der Waals surface area contributed by atoms with E-state index in [1.165, 1.54) is 29.2 Å². The van der Waals surface area contributed by atoms with Gasteiger partial charge >= 0.3 is 102 Å². The predicted octanol–water partition coefficient (Wildman–Crippen LogP) is 3.16. The summed E-state index contributed by atoms with van der Waals surface area (Å²) in [6, 6.07) is 8.88. The number of hydrogen-bond acceptors (Lipinski definition) is 0. The summed E-state index contributed by atoms with van der Waals surface area (Å²) in [4.78, 5) is 0. The average Bonchev–Trinajstić information content (AvgIpc) is 2.18. The fraction of sp³-hybridized carbons (Fsp3) is 0.538. The molecule has 2 radical (unpaired) electrons. The van der Waals surface area contributed by atoms with E-state index in [-0.39, 0.29) is 0 Å². The van der Waals surface area contributed by atoms with E-state index in [9.17, 15) is 0 Å². The number of hydrogen-bond donors (Lipinski definition) is 0. The monoisotopic (exact) mass is 296 g/mol. The van der Waals surface area contributed by atoms with Gasteiger partial charge in [-0.05, 0) is 0 Å². The van der Waals surface area contributed by atoms with Crippen LogP contribution in [0, 0.1) is 0 Å². The maximum absolute atomic E-state index is 2.31. The van der Waals surface area contributed by atoms with Gasteiger partial charge in [-0.25, -0.2) is 0 Å². The zero-order valence-corrected chi connectivity index (χ0v) is 11.7. The van der Waals surface area contributed by atoms with Crippen molar-refractivity contribution in [1.82, 2.24) is 0 Å². The second-order valence-corrected chi connectivity index (χ2v) is 5.21. The molecule has 14 heavy (non-hydrogen) atoms. The Balaban J connectivity index is 2.81. The first kappa shape index (κ1) is 12.1. The van der Waals surface area contributed by atoms with Crippen LogP contribution in [0.5, 0.6) is 0 Å². The van der Waals surface area contributed by atoms with Crippen LogP contribution in [0.3, 0.4) is 0 Å². The summed E-state index contributed by atoms with van der Waals surface area (Å²) in [6.45, 7) is 4.57. The van der Waals surface area contributed by atoms with Crippen LogP contribution in [0.1, 0.15) is 51.0 Å². The van der Waals surface area contributed by atoms with E-state index in [2.05, 4.69) is 38.1 Å². The predicted molar refractivity (Wildman–Crippen MR) is 64.4 cm³/mol. The van der Waals surface area contributed by atoms with Crippen LogP contribution in [0.4, 0.5) is 0 Å². The second-order valence-electron chi connectivity index (χ2n) is 3.83. The van der Waals surface area contributed by atoms with Crippen LogP contribution < -0.4 is 3.51 Å². The molecule has 1 aromatic rings. The van der Waals surface area contributed by atoms with E-state index < -0.39 is 0 Å². The summed E-state index contributed by atoms with van der Waals surface area (Å²) in [6.07, 6.45) is 5.27. The molecule has 0 bridgehead atoms. The first-order chi connectivity index (χ1) is 6.79. The Kier molecular flexibility index (Phi) is 5.63. The Morgan fingerprint density at radius 3 is 2.14 bits per heavy atom. The van der Waals surface area contributed by atoms with Crippen molar-refractivity contribution in [2.45, 2.75) is 45.4 Å². The van der Waals surface area contributed by atoms with Crippen LogP contribution in [0.15, 0.2) is 24.3 Å². The van der Waals surface area contributed by atoms with Gasteiger partial charge in [0.05, 0.1) is 0 Å². The quantitative estimate of drug-likeness (QED) is 0.732. The van der Waals surface area contributed by atoms with Gasteiger partial charge in [0.2, 0.25) is 0 Å². The molecule has 0 saturated carbocycles. The zero-order chi connectivity index (χ0) is 10.4. The molecule has 0 atom stereocenters. The third kappa shape index (κ3) is 3.31. The maximum atomic E-state index is 2.31. The summed E-state index contributed by atoms with van der Waals surface area (Å²) in [5.74, 6) is 0.796. The summed E-state index contributed by atoms with van der Waals surface area (Å²) < 4.78 is 1.51. The topological polar surface area (TPSA) is 0 Å². The molecule has 0 saturated heterocycles. The first-order valence-electron chi connectivity index (χ1n) is 5.57. The van der Waals surface area contributed by atoms with Crippen molar-refractivity contribution < 1.29 is 0 Å². The molecule has 0 aliphatic heterocycles. The van der Waals surface area contributed by atoms with Gasteiger partial charge < -0.3 is 0 Å². The van der Waals surface area contributed by atoms with E-state index >= 15 is 0 Å². The normalized spacial score (nSPS) is 10.9. The molecule has 76 valence electrons. The Labute approximate surface area is 102 Å². The van der Waals surface area contributed by atoms with Gasteiger partial charge in [0.25, 0.3) is 0 Å². The summed E-state index contributed by atoms with van der Waals surface area (Å²) >= 11 is 1.85. The van der Waals surface area contributed by atoms with Crippen molar-refractivity contribution in [2.75, 3.05) is 0 Å². The molecule has 0 nitrogen and oxygen atoms in total. The Morgan fingerprint density at radius 2 is 1.64 bits per heavy atom. The summed E-state index contributed by atoms with van der Waals surface area (Å²) in [5.41, 5.74) is 1.59. The second kappa shape index (κ2) is 6.51. The Hall–Kier alpha value is 0.0382. The van der Waals surface area contributed by atoms with Crippen LogP contribution in [0.25, 0.3) is 0 Å². The van der Waals surface area contributed by atoms with Gasteiger partial charge in [-0.3, -0.25) is 0 Å². The van der Waals surface area contributed by atoms with Crippen LogP contribution in [-0.4, -0.2) is 23.0 Å². The fourth-order valence-electron chi connectivity index (χ4n) is 1.99. The van der Waals surface area contributed by atoms with Crippen molar-refractivity contribution in [3.8, 4) is 0 Å². The van der Waals surface area contributed by atoms with Crippen molar-refractivity contribution >= 4 is 26.5 Å². The molecule has 0 unspecified atom stereocenters. The van der Waals surface area contributed by atoms with Crippen molar-refractivity contribution in [1.29, 1.82) is 0 Å². The van der Waals surface area contributed by atoms with Gasteiger partial charge in [0.1, 0.15) is 0 Å². The number of benzene rings is 1. The Morgan fingerprint density at radius 1 is 1.07 bits per heavy atom. The van der Waals surface area contributed by atoms with Crippen molar-refractivity contribution in [2.24, 2.45) is 0 Å². The van der Waals surface area contributed by atoms with E-state index in [1.54, 1.807) is 5.56 Å². The third-order valence-electron chi connectivity index (χ3n) is 2.65. The van der Waals surface area contributed by atoms with E-state index in [4.69, 9.17) is 0 Å². The van der Waals surface area contributed by atoms with Crippen LogP contribution in [-0.2, 0) is 0 Å². The van der Waals surface area contributed by atoms with Gasteiger partial charge in [-0.2, -0.15) is 0 Å². The van der Waals surface area contributed by atoms with Gasteiger partial charge in [-0.1, -0.05) is 0 Å². The molecule has 1 heteroatoms. The molecule has 0 spiro atoms. The van der Waals surface area contributed by atoms with Gasteiger partial charge in [-0.15, -0.1) is 0 Å². The molecular weight excluding hydrogens is 278 g/mol. The summed E-state index contributed by atoms with van der Waals surface area (Å²) in [7, 11) is 0. The van der Waals surface area contributed by atoms with Crippen LogP contribution >= 0.6 is 0 Å². The molecule has 0 heterocycles. The van der Waals surface area contributed by atoms with E-state index in [1.807, 2.05) is 23.0 Å². The van der Waals surface area contributed by atoms with Crippen molar-refractivity contribution in [3.63, 3.8) is 0 Å². The van der Waals surface area contributed by atoms with E-state index in [0.717, 1.165) is 5.92 Å². The fourth-order valence-corrected chi connectivity index (χ4v) is 2.96. The summed E-state index contributed by atoms with van der Waals surface area (Å²) in [5, 5.41) is 0. The minimum absolute atomic E-state index is 0.796. The molecule has 0 aromatic heterocycles.